The van der Waals surface area contributed by atoms with Crippen molar-refractivity contribution in [1.82, 2.24) is 14.5 Å². The molecule has 0 bridgehead atoms. The fourth-order valence-electron chi connectivity index (χ4n) is 2.58. The van der Waals surface area contributed by atoms with Crippen molar-refractivity contribution >= 4 is 15.9 Å². The van der Waals surface area contributed by atoms with Crippen LogP contribution in [0.2, 0.25) is 0 Å². The number of carbonyl (C=O) groups is 1. The van der Waals surface area contributed by atoms with Gasteiger partial charge in [0.05, 0.1) is 4.90 Å². The van der Waals surface area contributed by atoms with Gasteiger partial charge < -0.3 is 4.90 Å². The predicted octanol–water partition coefficient (Wildman–Crippen LogP) is 0.523. The van der Waals surface area contributed by atoms with Crippen LogP contribution in [0.15, 0.2) is 35.2 Å². The van der Waals surface area contributed by atoms with E-state index in [1.165, 1.54) is 12.1 Å². The van der Waals surface area contributed by atoms with E-state index in [-0.39, 0.29) is 23.8 Å². The second-order valence-electron chi connectivity index (χ2n) is 5.64. The summed E-state index contributed by atoms with van der Waals surface area (Å²) < 4.78 is 26.6. The number of rotatable bonds is 7. The van der Waals surface area contributed by atoms with E-state index in [0.717, 1.165) is 26.1 Å². The summed E-state index contributed by atoms with van der Waals surface area (Å²) in [7, 11) is -3.55. The molecule has 1 fully saturated rings. The number of hydrogen-bond acceptors (Lipinski definition) is 4. The zero-order valence-electron chi connectivity index (χ0n) is 13.6. The number of nitrogens with zero attached hydrogens (tertiary/aromatic N) is 2. The number of sulfonamides is 1. The van der Waals surface area contributed by atoms with Gasteiger partial charge in [0.1, 0.15) is 0 Å². The van der Waals surface area contributed by atoms with E-state index in [2.05, 4.69) is 15.5 Å². The Hall–Kier alpha value is -1.88. The minimum absolute atomic E-state index is 0.0256. The van der Waals surface area contributed by atoms with Crippen LogP contribution in [0, 0.1) is 12.3 Å². The third kappa shape index (κ3) is 5.34. The molecule has 1 amide bonds. The standard InChI is InChI=1S/C17H23N3O3S/c1-2-3-11-19-12-14-20(15-13-19)17(21)9-10-18-24(22,23)16-7-5-4-6-8-16/h1,4-8,18H,3,9-15H2. The molecular formula is C17H23N3O3S. The molecule has 130 valence electrons. The molecule has 1 aromatic carbocycles. The first-order valence-corrected chi connectivity index (χ1v) is 9.49. The van der Waals surface area contributed by atoms with Gasteiger partial charge in [0.2, 0.25) is 15.9 Å². The second kappa shape index (κ2) is 8.83. The van der Waals surface area contributed by atoms with Gasteiger partial charge >= 0.3 is 0 Å². The number of hydrogen-bond donors (Lipinski definition) is 1. The van der Waals surface area contributed by atoms with Crippen LogP contribution in [-0.4, -0.2) is 63.4 Å². The Balaban J connectivity index is 1.73. The molecule has 0 unspecified atom stereocenters. The number of carbonyl (C=O) groups excluding carboxylic acids is 1. The molecule has 1 aromatic rings. The average molecular weight is 349 g/mol. The van der Waals surface area contributed by atoms with Crippen molar-refractivity contribution in [1.29, 1.82) is 0 Å². The Morgan fingerprint density at radius 3 is 2.46 bits per heavy atom. The first-order chi connectivity index (χ1) is 11.5. The van der Waals surface area contributed by atoms with Crippen LogP contribution in [0.5, 0.6) is 0 Å². The Kier molecular flexibility index (Phi) is 6.79. The van der Waals surface area contributed by atoms with Crippen molar-refractivity contribution in [3.8, 4) is 12.3 Å². The van der Waals surface area contributed by atoms with Crippen molar-refractivity contribution in [2.45, 2.75) is 17.7 Å². The van der Waals surface area contributed by atoms with Crippen molar-refractivity contribution in [3.63, 3.8) is 0 Å². The second-order valence-corrected chi connectivity index (χ2v) is 7.40. The van der Waals surface area contributed by atoms with Gasteiger partial charge in [-0.1, -0.05) is 18.2 Å². The third-order valence-electron chi connectivity index (χ3n) is 3.98. The quantitative estimate of drug-likeness (QED) is 0.729. The van der Waals surface area contributed by atoms with Crippen LogP contribution in [-0.2, 0) is 14.8 Å². The van der Waals surface area contributed by atoms with Gasteiger partial charge in [-0.05, 0) is 12.1 Å². The van der Waals surface area contributed by atoms with E-state index in [0.29, 0.717) is 13.1 Å². The number of piperazine rings is 1. The molecule has 6 nitrogen and oxygen atoms in total. The van der Waals surface area contributed by atoms with Gasteiger partial charge in [0, 0.05) is 52.1 Å². The predicted molar refractivity (Wildman–Crippen MR) is 92.7 cm³/mol. The minimum Gasteiger partial charge on any atom is -0.340 e. The van der Waals surface area contributed by atoms with Gasteiger partial charge in [-0.2, -0.15) is 0 Å². The van der Waals surface area contributed by atoms with E-state index in [4.69, 9.17) is 6.42 Å². The highest BCUT2D eigenvalue weighted by atomic mass is 32.2. The molecule has 2 rings (SSSR count). The summed E-state index contributed by atoms with van der Waals surface area (Å²) in [5, 5.41) is 0. The highest BCUT2D eigenvalue weighted by molar-refractivity contribution is 7.89. The molecule has 0 radical (unpaired) electrons. The Morgan fingerprint density at radius 1 is 1.17 bits per heavy atom. The molecule has 0 atom stereocenters. The summed E-state index contributed by atoms with van der Waals surface area (Å²) in [6.45, 7) is 3.90. The summed E-state index contributed by atoms with van der Waals surface area (Å²) in [6.07, 6.45) is 6.14. The maximum absolute atomic E-state index is 12.2. The van der Waals surface area contributed by atoms with Crippen LogP contribution >= 0.6 is 0 Å². The molecule has 24 heavy (non-hydrogen) atoms. The zero-order chi connectivity index (χ0) is 17.4. The summed E-state index contributed by atoms with van der Waals surface area (Å²) >= 11 is 0. The molecule has 1 aliphatic rings. The van der Waals surface area contributed by atoms with Gasteiger partial charge in [-0.3, -0.25) is 9.69 Å². The van der Waals surface area contributed by atoms with Crippen LogP contribution in [0.3, 0.4) is 0 Å². The molecular weight excluding hydrogens is 326 g/mol. The zero-order valence-corrected chi connectivity index (χ0v) is 14.5. The first kappa shape index (κ1) is 18.5. The largest absolute Gasteiger partial charge is 0.340 e. The maximum Gasteiger partial charge on any atom is 0.240 e. The summed E-state index contributed by atoms with van der Waals surface area (Å²) in [5.74, 6) is 2.59. The van der Waals surface area contributed by atoms with Crippen LogP contribution < -0.4 is 4.72 Å². The van der Waals surface area contributed by atoms with Crippen molar-refractivity contribution in [2.24, 2.45) is 0 Å². The lowest BCUT2D eigenvalue weighted by Gasteiger charge is -2.34. The number of amides is 1. The van der Waals surface area contributed by atoms with Crippen molar-refractivity contribution < 1.29 is 13.2 Å². The topological polar surface area (TPSA) is 69.7 Å². The molecule has 1 N–H and O–H groups in total. The highest BCUT2D eigenvalue weighted by Gasteiger charge is 2.21. The molecule has 0 aromatic heterocycles. The molecule has 0 spiro atoms. The van der Waals surface area contributed by atoms with E-state index in [1.54, 1.807) is 23.1 Å². The van der Waals surface area contributed by atoms with Gasteiger partial charge in [-0.15, -0.1) is 12.3 Å². The normalized spacial score (nSPS) is 15.9. The lowest BCUT2D eigenvalue weighted by Crippen LogP contribution is -2.49. The van der Waals surface area contributed by atoms with E-state index in [1.807, 2.05) is 0 Å². The Labute approximate surface area is 143 Å². The van der Waals surface area contributed by atoms with E-state index < -0.39 is 10.0 Å². The van der Waals surface area contributed by atoms with E-state index in [9.17, 15) is 13.2 Å². The maximum atomic E-state index is 12.2. The summed E-state index contributed by atoms with van der Waals surface area (Å²) in [6, 6.07) is 8.14. The number of benzene rings is 1. The molecule has 1 saturated heterocycles. The third-order valence-corrected chi connectivity index (χ3v) is 5.46. The minimum atomic E-state index is -3.55. The van der Waals surface area contributed by atoms with Gasteiger partial charge in [-0.25, -0.2) is 13.1 Å². The fraction of sp³-hybridized carbons (Fsp3) is 0.471. The lowest BCUT2D eigenvalue weighted by molar-refractivity contribution is -0.132. The SMILES string of the molecule is C#CCCN1CCN(C(=O)CCNS(=O)(=O)c2ccccc2)CC1. The summed E-state index contributed by atoms with van der Waals surface area (Å²) in [4.78, 5) is 16.4. The molecule has 7 heteroatoms. The van der Waals surface area contributed by atoms with Crippen LogP contribution in [0.1, 0.15) is 12.8 Å². The average Bonchev–Trinajstić information content (AvgIpc) is 2.61. The fourth-order valence-corrected chi connectivity index (χ4v) is 3.63. The molecule has 1 aliphatic heterocycles. The lowest BCUT2D eigenvalue weighted by atomic mass is 10.2. The molecule has 0 saturated carbocycles. The van der Waals surface area contributed by atoms with E-state index >= 15 is 0 Å². The van der Waals surface area contributed by atoms with Crippen molar-refractivity contribution in [2.75, 3.05) is 39.3 Å². The number of nitrogens with one attached hydrogen (secondary N) is 1. The summed E-state index contributed by atoms with van der Waals surface area (Å²) in [5.41, 5.74) is 0. The smallest absolute Gasteiger partial charge is 0.240 e. The first-order valence-electron chi connectivity index (χ1n) is 8.01. The van der Waals surface area contributed by atoms with Crippen molar-refractivity contribution in [3.05, 3.63) is 30.3 Å². The highest BCUT2D eigenvalue weighted by Crippen LogP contribution is 2.08. The molecule has 0 aliphatic carbocycles. The Bertz CT molecular complexity index is 675. The monoisotopic (exact) mass is 349 g/mol. The number of terminal acetylenes is 1. The Morgan fingerprint density at radius 2 is 1.83 bits per heavy atom. The van der Waals surface area contributed by atoms with Gasteiger partial charge in [0.15, 0.2) is 0 Å². The van der Waals surface area contributed by atoms with Crippen LogP contribution in [0.25, 0.3) is 0 Å². The molecule has 1 heterocycles. The van der Waals surface area contributed by atoms with Gasteiger partial charge in [0.25, 0.3) is 0 Å². The van der Waals surface area contributed by atoms with Crippen LogP contribution in [0.4, 0.5) is 0 Å².